The van der Waals surface area contributed by atoms with Gasteiger partial charge in [0, 0.05) is 11.6 Å². The van der Waals surface area contributed by atoms with Gasteiger partial charge in [0.1, 0.15) is 0 Å². The number of benzene rings is 2. The molecular formula is C21H21Cl2N5O2S. The molecular weight excluding hydrogens is 457 g/mol. The second-order valence-electron chi connectivity index (χ2n) is 6.54. The molecule has 7 nitrogen and oxygen atoms in total. The lowest BCUT2D eigenvalue weighted by Gasteiger charge is -2.09. The second-order valence-corrected chi connectivity index (χ2v) is 8.33. The van der Waals surface area contributed by atoms with E-state index < -0.39 is 0 Å². The molecule has 0 fully saturated rings. The Balaban J connectivity index is 1.54. The van der Waals surface area contributed by atoms with Crippen molar-refractivity contribution in [2.24, 2.45) is 0 Å². The molecule has 2 aromatic carbocycles. The second kappa shape index (κ2) is 11.2. The molecule has 0 saturated heterocycles. The molecule has 0 spiro atoms. The molecule has 0 radical (unpaired) electrons. The monoisotopic (exact) mass is 477 g/mol. The average Bonchev–Trinajstić information content (AvgIpc) is 3.16. The summed E-state index contributed by atoms with van der Waals surface area (Å²) in [4.78, 5) is 24.5. The number of nitrogens with zero attached hydrogens (tertiary/aromatic N) is 3. The zero-order valence-corrected chi connectivity index (χ0v) is 19.1. The van der Waals surface area contributed by atoms with Crippen LogP contribution in [-0.2, 0) is 29.1 Å². The number of hydrogen-bond donors (Lipinski definition) is 2. The van der Waals surface area contributed by atoms with Gasteiger partial charge in [-0.2, -0.15) is 0 Å². The molecule has 2 amide bonds. The Labute approximate surface area is 194 Å². The molecule has 31 heavy (non-hydrogen) atoms. The molecule has 0 unspecified atom stereocenters. The number of carbonyl (C=O) groups excluding carboxylic acids is 2. The Morgan fingerprint density at radius 1 is 1.06 bits per heavy atom. The summed E-state index contributed by atoms with van der Waals surface area (Å²) in [6, 6.07) is 14.4. The number of nitrogens with one attached hydrogen (secondary N) is 2. The van der Waals surface area contributed by atoms with Crippen LogP contribution in [0.3, 0.4) is 0 Å². The first-order chi connectivity index (χ1) is 15.0. The van der Waals surface area contributed by atoms with Crippen LogP contribution >= 0.6 is 35.0 Å². The summed E-state index contributed by atoms with van der Waals surface area (Å²) in [6.07, 6.45) is 0.301. The van der Waals surface area contributed by atoms with E-state index in [1.807, 2.05) is 41.8 Å². The Hall–Kier alpha value is -2.55. The molecule has 10 heteroatoms. The van der Waals surface area contributed by atoms with Crippen molar-refractivity contribution in [2.45, 2.75) is 31.6 Å². The number of rotatable bonds is 9. The topological polar surface area (TPSA) is 88.9 Å². The zero-order valence-electron chi connectivity index (χ0n) is 16.8. The van der Waals surface area contributed by atoms with Gasteiger partial charge in [-0.05, 0) is 30.7 Å². The fourth-order valence-electron chi connectivity index (χ4n) is 2.81. The highest BCUT2D eigenvalue weighted by Crippen LogP contribution is 2.26. The standard InChI is InChI=1S/C21H21Cl2N5O2S/c1-2-28-18(12-24-19(29)10-14-6-4-3-5-7-14)26-27-21(28)31-13-20(30)25-17-11-15(22)8-9-16(17)23/h3-9,11H,2,10,12-13H2,1H3,(H,24,29)(H,25,30). The molecule has 1 heterocycles. The van der Waals surface area contributed by atoms with Crippen LogP contribution in [0.15, 0.2) is 53.7 Å². The van der Waals surface area contributed by atoms with Gasteiger partial charge in [0.15, 0.2) is 11.0 Å². The van der Waals surface area contributed by atoms with Crippen molar-refractivity contribution in [3.8, 4) is 0 Å². The van der Waals surface area contributed by atoms with Gasteiger partial charge in [0.05, 0.1) is 29.4 Å². The lowest BCUT2D eigenvalue weighted by Crippen LogP contribution is -2.26. The van der Waals surface area contributed by atoms with E-state index in [1.54, 1.807) is 18.2 Å². The van der Waals surface area contributed by atoms with Crippen LogP contribution in [0.4, 0.5) is 5.69 Å². The number of carbonyl (C=O) groups is 2. The summed E-state index contributed by atoms with van der Waals surface area (Å²) in [5.41, 5.74) is 1.40. The molecule has 0 aliphatic rings. The van der Waals surface area contributed by atoms with Gasteiger partial charge in [-0.25, -0.2) is 0 Å². The van der Waals surface area contributed by atoms with Gasteiger partial charge in [0.25, 0.3) is 0 Å². The van der Waals surface area contributed by atoms with Crippen LogP contribution in [0.2, 0.25) is 10.0 Å². The predicted molar refractivity (Wildman–Crippen MR) is 124 cm³/mol. The van der Waals surface area contributed by atoms with E-state index in [0.717, 1.165) is 5.56 Å². The van der Waals surface area contributed by atoms with Crippen LogP contribution in [0, 0.1) is 0 Å². The quantitative estimate of drug-likeness (QED) is 0.450. The number of thioether (sulfide) groups is 1. The van der Waals surface area contributed by atoms with Crippen LogP contribution < -0.4 is 10.6 Å². The smallest absolute Gasteiger partial charge is 0.234 e. The Morgan fingerprint density at radius 3 is 2.58 bits per heavy atom. The third-order valence-corrected chi connectivity index (χ3v) is 5.83. The van der Waals surface area contributed by atoms with Crippen molar-refractivity contribution in [2.75, 3.05) is 11.1 Å². The largest absolute Gasteiger partial charge is 0.349 e. The van der Waals surface area contributed by atoms with Crippen molar-refractivity contribution >= 4 is 52.5 Å². The molecule has 0 aliphatic heterocycles. The van der Waals surface area contributed by atoms with Crippen molar-refractivity contribution < 1.29 is 9.59 Å². The maximum atomic E-state index is 12.3. The molecule has 3 aromatic rings. The molecule has 1 aromatic heterocycles. The fraction of sp³-hybridized carbons (Fsp3) is 0.238. The summed E-state index contributed by atoms with van der Waals surface area (Å²) in [7, 11) is 0. The normalized spacial score (nSPS) is 10.7. The molecule has 162 valence electrons. The van der Waals surface area contributed by atoms with Crippen LogP contribution in [0.1, 0.15) is 18.3 Å². The number of amides is 2. The van der Waals surface area contributed by atoms with Gasteiger partial charge in [0.2, 0.25) is 11.8 Å². The van der Waals surface area contributed by atoms with Crippen molar-refractivity contribution in [1.82, 2.24) is 20.1 Å². The first-order valence-electron chi connectivity index (χ1n) is 9.56. The van der Waals surface area contributed by atoms with Gasteiger partial charge in [-0.3, -0.25) is 9.59 Å². The molecule has 0 bridgehead atoms. The van der Waals surface area contributed by atoms with E-state index in [4.69, 9.17) is 23.2 Å². The summed E-state index contributed by atoms with van der Waals surface area (Å²) >= 11 is 13.3. The summed E-state index contributed by atoms with van der Waals surface area (Å²) < 4.78 is 1.87. The van der Waals surface area contributed by atoms with E-state index in [-0.39, 0.29) is 24.1 Å². The van der Waals surface area contributed by atoms with Crippen LogP contribution in [0.25, 0.3) is 0 Å². The molecule has 3 rings (SSSR count). The number of anilines is 1. The zero-order chi connectivity index (χ0) is 22.2. The fourth-order valence-corrected chi connectivity index (χ4v) is 3.96. The highest BCUT2D eigenvalue weighted by molar-refractivity contribution is 7.99. The number of halogens is 2. The third-order valence-electron chi connectivity index (χ3n) is 4.30. The Kier molecular flexibility index (Phi) is 8.34. The molecule has 0 aliphatic carbocycles. The maximum absolute atomic E-state index is 12.3. The summed E-state index contributed by atoms with van der Waals surface area (Å²) in [6.45, 7) is 2.83. The lowest BCUT2D eigenvalue weighted by atomic mass is 10.1. The van der Waals surface area contributed by atoms with Crippen molar-refractivity contribution in [1.29, 1.82) is 0 Å². The number of hydrogen-bond acceptors (Lipinski definition) is 5. The summed E-state index contributed by atoms with van der Waals surface area (Å²) in [5.74, 6) is 0.424. The van der Waals surface area contributed by atoms with E-state index in [9.17, 15) is 9.59 Å². The highest BCUT2D eigenvalue weighted by atomic mass is 35.5. The van der Waals surface area contributed by atoms with Crippen LogP contribution in [0.5, 0.6) is 0 Å². The molecule has 0 atom stereocenters. The molecule has 2 N–H and O–H groups in total. The number of aromatic nitrogens is 3. The Bertz CT molecular complexity index is 1060. The van der Waals surface area contributed by atoms with Crippen LogP contribution in [-0.4, -0.2) is 32.3 Å². The van der Waals surface area contributed by atoms with Gasteiger partial charge < -0.3 is 15.2 Å². The average molecular weight is 478 g/mol. The highest BCUT2D eigenvalue weighted by Gasteiger charge is 2.15. The summed E-state index contributed by atoms with van der Waals surface area (Å²) in [5, 5.41) is 15.4. The van der Waals surface area contributed by atoms with Crippen molar-refractivity contribution in [3.63, 3.8) is 0 Å². The third kappa shape index (κ3) is 6.72. The lowest BCUT2D eigenvalue weighted by molar-refractivity contribution is -0.120. The first kappa shape index (κ1) is 23.1. The minimum atomic E-state index is -0.238. The van der Waals surface area contributed by atoms with E-state index in [1.165, 1.54) is 11.8 Å². The van der Waals surface area contributed by atoms with E-state index in [2.05, 4.69) is 20.8 Å². The van der Waals surface area contributed by atoms with Crippen molar-refractivity contribution in [3.05, 3.63) is 70.0 Å². The van der Waals surface area contributed by atoms with E-state index >= 15 is 0 Å². The predicted octanol–water partition coefficient (Wildman–Crippen LogP) is 4.19. The first-order valence-corrected chi connectivity index (χ1v) is 11.3. The minimum Gasteiger partial charge on any atom is -0.349 e. The Morgan fingerprint density at radius 2 is 1.84 bits per heavy atom. The molecule has 0 saturated carbocycles. The SMILES string of the molecule is CCn1c(CNC(=O)Cc2ccccc2)nnc1SCC(=O)Nc1cc(Cl)ccc1Cl. The van der Waals surface area contributed by atoms with Gasteiger partial charge in [-0.1, -0.05) is 65.3 Å². The van der Waals surface area contributed by atoms with Gasteiger partial charge in [-0.15, -0.1) is 10.2 Å². The maximum Gasteiger partial charge on any atom is 0.234 e. The van der Waals surface area contributed by atoms with E-state index in [0.29, 0.717) is 39.7 Å². The van der Waals surface area contributed by atoms with Gasteiger partial charge >= 0.3 is 0 Å². The minimum absolute atomic E-state index is 0.0937.